The number of carbonyl (C=O) groups is 1. The maximum atomic E-state index is 12.8. The van der Waals surface area contributed by atoms with Crippen LogP contribution < -0.4 is 10.1 Å². The monoisotopic (exact) mass is 475 g/mol. The fourth-order valence-corrected chi connectivity index (χ4v) is 4.42. The van der Waals surface area contributed by atoms with Gasteiger partial charge in [-0.1, -0.05) is 59.7 Å². The Hall–Kier alpha value is -4.38. The van der Waals surface area contributed by atoms with Crippen LogP contribution in [0.4, 0.5) is 5.69 Å². The maximum Gasteiger partial charge on any atom is 0.224 e. The Labute approximate surface area is 211 Å². The van der Waals surface area contributed by atoms with Crippen molar-refractivity contribution in [3.8, 4) is 28.1 Å². The van der Waals surface area contributed by atoms with Gasteiger partial charge in [0.05, 0.1) is 18.5 Å². The average molecular weight is 476 g/mol. The lowest BCUT2D eigenvalue weighted by atomic mass is 10.0. The quantitative estimate of drug-likeness (QED) is 0.280. The number of benzene rings is 3. The van der Waals surface area contributed by atoms with E-state index in [0.29, 0.717) is 12.8 Å². The summed E-state index contributed by atoms with van der Waals surface area (Å²) in [6, 6.07) is 28.3. The first kappa shape index (κ1) is 23.4. The van der Waals surface area contributed by atoms with Crippen molar-refractivity contribution < 1.29 is 9.53 Å². The van der Waals surface area contributed by atoms with Gasteiger partial charge in [0.15, 0.2) is 0 Å². The zero-order valence-electron chi connectivity index (χ0n) is 20.8. The number of nitrogens with one attached hydrogen (secondary N) is 1. The molecule has 3 aromatic carbocycles. The molecule has 0 bridgehead atoms. The molecule has 0 unspecified atom stereocenters. The molecule has 0 spiro atoms. The molecule has 0 saturated carbocycles. The maximum absolute atomic E-state index is 12.8. The lowest BCUT2D eigenvalue weighted by Gasteiger charge is -2.09. The lowest BCUT2D eigenvalue weighted by Crippen LogP contribution is -2.13. The second kappa shape index (κ2) is 10.1. The Bertz CT molecular complexity index is 1530. The number of nitrogens with zero attached hydrogens (tertiary/aromatic N) is 2. The average Bonchev–Trinajstić information content (AvgIpc) is 3.26. The van der Waals surface area contributed by atoms with Crippen LogP contribution in [0.15, 0.2) is 91.1 Å². The Morgan fingerprint density at radius 3 is 2.42 bits per heavy atom. The van der Waals surface area contributed by atoms with Gasteiger partial charge in [0.2, 0.25) is 5.91 Å². The molecule has 5 nitrogen and oxygen atoms in total. The van der Waals surface area contributed by atoms with Crippen molar-refractivity contribution >= 4 is 17.2 Å². The van der Waals surface area contributed by atoms with Crippen LogP contribution in [0.25, 0.3) is 28.0 Å². The van der Waals surface area contributed by atoms with E-state index in [9.17, 15) is 4.79 Å². The predicted octanol–water partition coefficient (Wildman–Crippen LogP) is 6.87. The van der Waals surface area contributed by atoms with Gasteiger partial charge >= 0.3 is 0 Å². The van der Waals surface area contributed by atoms with E-state index in [0.717, 1.165) is 50.7 Å². The molecule has 0 fully saturated rings. The van der Waals surface area contributed by atoms with E-state index in [1.807, 2.05) is 61.5 Å². The van der Waals surface area contributed by atoms with E-state index >= 15 is 0 Å². The minimum Gasteiger partial charge on any atom is -0.497 e. The Kier molecular flexibility index (Phi) is 6.54. The van der Waals surface area contributed by atoms with Gasteiger partial charge in [0.1, 0.15) is 11.4 Å². The highest BCUT2D eigenvalue weighted by atomic mass is 16.5. The number of aryl methyl sites for hydroxylation is 3. The molecular formula is C31H29N3O2. The van der Waals surface area contributed by atoms with E-state index in [4.69, 9.17) is 9.72 Å². The van der Waals surface area contributed by atoms with Crippen LogP contribution >= 0.6 is 0 Å². The van der Waals surface area contributed by atoms with E-state index in [2.05, 4.69) is 53.2 Å². The normalized spacial score (nSPS) is 11.0. The molecule has 1 N–H and O–H groups in total. The largest absolute Gasteiger partial charge is 0.497 e. The van der Waals surface area contributed by atoms with Gasteiger partial charge in [-0.05, 0) is 67.8 Å². The fraction of sp³-hybridized carbons (Fsp3) is 0.161. The summed E-state index contributed by atoms with van der Waals surface area (Å²) in [6.45, 7) is 4.12. The number of hydrogen-bond acceptors (Lipinski definition) is 3. The molecule has 1 amide bonds. The van der Waals surface area contributed by atoms with Crippen LogP contribution in [-0.4, -0.2) is 22.4 Å². The SMILES string of the molecule is COc1cccc(-c2nc3ccc(-c4cccc(C)c4)cn3c2CCC(=O)Nc2ccc(C)cc2)c1. The molecule has 2 aromatic heterocycles. The second-order valence-corrected chi connectivity index (χ2v) is 9.07. The summed E-state index contributed by atoms with van der Waals surface area (Å²) < 4.78 is 7.57. The molecule has 0 aliphatic carbocycles. The van der Waals surface area contributed by atoms with Crippen molar-refractivity contribution in [3.05, 3.63) is 108 Å². The van der Waals surface area contributed by atoms with Crippen LogP contribution in [0.1, 0.15) is 23.2 Å². The number of fused-ring (bicyclic) bond motifs is 1. The summed E-state index contributed by atoms with van der Waals surface area (Å²) in [7, 11) is 1.66. The van der Waals surface area contributed by atoms with Crippen LogP contribution in [0.3, 0.4) is 0 Å². The van der Waals surface area contributed by atoms with Crippen molar-refractivity contribution in [1.29, 1.82) is 0 Å². The molecule has 0 saturated heterocycles. The minimum atomic E-state index is -0.0276. The summed E-state index contributed by atoms with van der Waals surface area (Å²) in [5.74, 6) is 0.744. The summed E-state index contributed by atoms with van der Waals surface area (Å²) in [4.78, 5) is 17.8. The number of amides is 1. The van der Waals surface area contributed by atoms with Crippen LogP contribution in [0.2, 0.25) is 0 Å². The number of aromatic nitrogens is 2. The summed E-state index contributed by atoms with van der Waals surface area (Å²) in [5.41, 5.74) is 9.09. The van der Waals surface area contributed by atoms with E-state index < -0.39 is 0 Å². The van der Waals surface area contributed by atoms with E-state index in [-0.39, 0.29) is 5.91 Å². The molecule has 5 rings (SSSR count). The Morgan fingerprint density at radius 2 is 1.64 bits per heavy atom. The molecule has 0 aliphatic heterocycles. The lowest BCUT2D eigenvalue weighted by molar-refractivity contribution is -0.116. The predicted molar refractivity (Wildman–Crippen MR) is 145 cm³/mol. The van der Waals surface area contributed by atoms with Crippen molar-refractivity contribution in [1.82, 2.24) is 9.38 Å². The molecule has 180 valence electrons. The summed E-state index contributed by atoms with van der Waals surface area (Å²) >= 11 is 0. The number of pyridine rings is 1. The highest BCUT2D eigenvalue weighted by molar-refractivity contribution is 5.91. The zero-order chi connectivity index (χ0) is 25.1. The topological polar surface area (TPSA) is 55.6 Å². The molecule has 5 aromatic rings. The molecule has 2 heterocycles. The van der Waals surface area contributed by atoms with Gasteiger partial charge in [-0.2, -0.15) is 0 Å². The Morgan fingerprint density at radius 1 is 0.861 bits per heavy atom. The van der Waals surface area contributed by atoms with Crippen LogP contribution in [0.5, 0.6) is 5.75 Å². The van der Waals surface area contributed by atoms with Crippen LogP contribution in [0, 0.1) is 13.8 Å². The number of carbonyl (C=O) groups excluding carboxylic acids is 1. The first-order valence-electron chi connectivity index (χ1n) is 12.1. The molecule has 5 heteroatoms. The van der Waals surface area contributed by atoms with Crippen LogP contribution in [-0.2, 0) is 11.2 Å². The number of imidazole rings is 1. The molecular weight excluding hydrogens is 446 g/mol. The number of methoxy groups -OCH3 is 1. The summed E-state index contributed by atoms with van der Waals surface area (Å²) in [6.07, 6.45) is 3.00. The summed E-state index contributed by atoms with van der Waals surface area (Å²) in [5, 5.41) is 3.01. The standard InChI is InChI=1S/C31H29N3O2/c1-21-10-13-26(14-11-21)32-30(35)17-15-28-31(24-8-5-9-27(19-24)36-3)33-29-16-12-25(20-34(28)29)23-7-4-6-22(2)18-23/h4-14,16,18-20H,15,17H2,1-3H3,(H,32,35). The van der Waals surface area contributed by atoms with Gasteiger partial charge in [0.25, 0.3) is 0 Å². The number of ether oxygens (including phenoxy) is 1. The third-order valence-corrected chi connectivity index (χ3v) is 6.34. The van der Waals surface area contributed by atoms with Gasteiger partial charge in [-0.15, -0.1) is 0 Å². The highest BCUT2D eigenvalue weighted by Crippen LogP contribution is 2.30. The molecule has 0 aliphatic rings. The third-order valence-electron chi connectivity index (χ3n) is 6.34. The van der Waals surface area contributed by atoms with Gasteiger partial charge in [0, 0.05) is 23.9 Å². The second-order valence-electron chi connectivity index (χ2n) is 9.07. The smallest absolute Gasteiger partial charge is 0.224 e. The highest BCUT2D eigenvalue weighted by Gasteiger charge is 2.17. The number of anilines is 1. The first-order chi connectivity index (χ1) is 17.5. The molecule has 36 heavy (non-hydrogen) atoms. The van der Waals surface area contributed by atoms with Crippen molar-refractivity contribution in [2.24, 2.45) is 0 Å². The third kappa shape index (κ3) is 5.01. The first-order valence-corrected chi connectivity index (χ1v) is 12.1. The number of hydrogen-bond donors (Lipinski definition) is 1. The van der Waals surface area contributed by atoms with Gasteiger partial charge in [-0.25, -0.2) is 4.98 Å². The number of rotatable bonds is 7. The van der Waals surface area contributed by atoms with Crippen molar-refractivity contribution in [2.75, 3.05) is 12.4 Å². The van der Waals surface area contributed by atoms with Gasteiger partial charge < -0.3 is 14.5 Å². The minimum absolute atomic E-state index is 0.0276. The van der Waals surface area contributed by atoms with Gasteiger partial charge in [-0.3, -0.25) is 4.79 Å². The van der Waals surface area contributed by atoms with E-state index in [1.165, 1.54) is 5.56 Å². The molecule has 0 atom stereocenters. The molecule has 0 radical (unpaired) electrons. The zero-order valence-corrected chi connectivity index (χ0v) is 20.8. The van der Waals surface area contributed by atoms with E-state index in [1.54, 1.807) is 7.11 Å². The fourth-order valence-electron chi connectivity index (χ4n) is 4.42. The Balaban J connectivity index is 1.52. The van der Waals surface area contributed by atoms with Crippen molar-refractivity contribution in [2.45, 2.75) is 26.7 Å². The van der Waals surface area contributed by atoms with Crippen molar-refractivity contribution in [3.63, 3.8) is 0 Å².